The smallest absolute Gasteiger partial charge is 0.0827 e. The highest BCUT2D eigenvalue weighted by molar-refractivity contribution is 8.00. The Morgan fingerprint density at radius 2 is 1.80 bits per heavy atom. The first-order chi connectivity index (χ1) is 4.97. The van der Waals surface area contributed by atoms with E-state index in [1.54, 1.807) is 0 Å². The Morgan fingerprint density at radius 3 is 2.40 bits per heavy atom. The minimum absolute atomic E-state index is 0.507. The van der Waals surface area contributed by atoms with Crippen LogP contribution in [0.15, 0.2) is 0 Å². The lowest BCUT2D eigenvalue weighted by molar-refractivity contribution is 0.490. The number of thioether (sulfide) groups is 1. The summed E-state index contributed by atoms with van der Waals surface area (Å²) in [5.41, 5.74) is 0. The van der Waals surface area contributed by atoms with Gasteiger partial charge in [0.05, 0.1) is 11.5 Å². The number of nitrogens with one attached hydrogen (secondary N) is 3. The summed E-state index contributed by atoms with van der Waals surface area (Å²) in [6.07, 6.45) is 0.507. The summed E-state index contributed by atoms with van der Waals surface area (Å²) in [6, 6.07) is 0. The van der Waals surface area contributed by atoms with Crippen molar-refractivity contribution >= 4 is 11.8 Å². The van der Waals surface area contributed by atoms with Crippen LogP contribution >= 0.6 is 11.8 Å². The highest BCUT2D eigenvalue weighted by Gasteiger charge is 2.26. The molecule has 0 aromatic rings. The Hall–Kier alpha value is 0.230. The van der Waals surface area contributed by atoms with Crippen LogP contribution in [-0.4, -0.2) is 36.9 Å². The first-order valence-corrected chi connectivity index (χ1v) is 4.83. The summed E-state index contributed by atoms with van der Waals surface area (Å²) < 4.78 is 0. The molecule has 3 N–H and O–H groups in total. The molecule has 10 heavy (non-hydrogen) atoms. The molecule has 2 fully saturated rings. The van der Waals surface area contributed by atoms with E-state index in [0.717, 1.165) is 19.6 Å². The lowest BCUT2D eigenvalue weighted by Crippen LogP contribution is -2.46. The van der Waals surface area contributed by atoms with Crippen molar-refractivity contribution in [1.29, 1.82) is 0 Å². The van der Waals surface area contributed by atoms with E-state index in [9.17, 15) is 0 Å². The molecule has 0 saturated carbocycles. The van der Waals surface area contributed by atoms with Crippen molar-refractivity contribution in [3.63, 3.8) is 0 Å². The average Bonchev–Trinajstić information content (AvgIpc) is 2.59. The number of hydrogen-bond donors (Lipinski definition) is 3. The lowest BCUT2D eigenvalue weighted by atomic mass is 10.5. The van der Waals surface area contributed by atoms with Crippen LogP contribution in [0, 0.1) is 0 Å². The predicted octanol–water partition coefficient (Wildman–Crippen LogP) is -0.832. The van der Waals surface area contributed by atoms with Crippen LogP contribution < -0.4 is 16.0 Å². The van der Waals surface area contributed by atoms with Crippen molar-refractivity contribution in [2.75, 3.05) is 25.4 Å². The van der Waals surface area contributed by atoms with Gasteiger partial charge in [-0.05, 0) is 0 Å². The Bertz CT molecular complexity index is 93.6. The SMILES string of the molecule is C1CNC(C2NCCS2)N1. The molecule has 1 atom stereocenters. The van der Waals surface area contributed by atoms with Crippen LogP contribution in [0.5, 0.6) is 0 Å². The third kappa shape index (κ3) is 1.29. The molecule has 2 heterocycles. The molecule has 0 aromatic heterocycles. The van der Waals surface area contributed by atoms with E-state index >= 15 is 0 Å². The molecule has 58 valence electrons. The minimum atomic E-state index is 0.507. The summed E-state index contributed by atoms with van der Waals surface area (Å²) in [5, 5.41) is 10.8. The van der Waals surface area contributed by atoms with Crippen LogP contribution in [0.4, 0.5) is 0 Å². The van der Waals surface area contributed by atoms with Crippen molar-refractivity contribution in [2.24, 2.45) is 0 Å². The summed E-state index contributed by atoms with van der Waals surface area (Å²) in [5.74, 6) is 1.25. The maximum absolute atomic E-state index is 3.44. The fraction of sp³-hybridized carbons (Fsp3) is 1.00. The number of hydrogen-bond acceptors (Lipinski definition) is 4. The van der Waals surface area contributed by atoms with Gasteiger partial charge in [0.2, 0.25) is 0 Å². The molecule has 3 nitrogen and oxygen atoms in total. The van der Waals surface area contributed by atoms with Crippen LogP contribution in [0.1, 0.15) is 0 Å². The van der Waals surface area contributed by atoms with E-state index in [0.29, 0.717) is 11.5 Å². The van der Waals surface area contributed by atoms with Crippen LogP contribution in [0.3, 0.4) is 0 Å². The van der Waals surface area contributed by atoms with Gasteiger partial charge in [0.25, 0.3) is 0 Å². The van der Waals surface area contributed by atoms with Gasteiger partial charge < -0.3 is 5.32 Å². The summed E-state index contributed by atoms with van der Waals surface area (Å²) in [7, 11) is 0. The van der Waals surface area contributed by atoms with E-state index in [-0.39, 0.29) is 0 Å². The van der Waals surface area contributed by atoms with Crippen LogP contribution in [0.25, 0.3) is 0 Å². The fourth-order valence-electron chi connectivity index (χ4n) is 1.40. The van der Waals surface area contributed by atoms with E-state index in [4.69, 9.17) is 0 Å². The van der Waals surface area contributed by atoms with Gasteiger partial charge in [-0.3, -0.25) is 10.6 Å². The van der Waals surface area contributed by atoms with E-state index in [1.165, 1.54) is 5.75 Å². The van der Waals surface area contributed by atoms with Crippen molar-refractivity contribution in [3.05, 3.63) is 0 Å². The molecule has 2 saturated heterocycles. The van der Waals surface area contributed by atoms with Crippen molar-refractivity contribution in [2.45, 2.75) is 11.5 Å². The standard InChI is InChI=1S/C6H13N3S/c1-2-8-5(7-1)6-9-3-4-10-6/h5-9H,1-4H2. The van der Waals surface area contributed by atoms with Crippen LogP contribution in [-0.2, 0) is 0 Å². The molecule has 2 rings (SSSR count). The molecule has 0 aromatic carbocycles. The molecule has 0 radical (unpaired) electrons. The Labute approximate surface area is 65.3 Å². The van der Waals surface area contributed by atoms with E-state index in [1.807, 2.05) is 11.8 Å². The largest absolute Gasteiger partial charge is 0.302 e. The second-order valence-corrected chi connectivity index (χ2v) is 3.88. The third-order valence-corrected chi connectivity index (χ3v) is 3.14. The van der Waals surface area contributed by atoms with Crippen molar-refractivity contribution in [3.8, 4) is 0 Å². The van der Waals surface area contributed by atoms with Gasteiger partial charge in [0, 0.05) is 25.4 Å². The van der Waals surface area contributed by atoms with Crippen LogP contribution in [0.2, 0.25) is 0 Å². The van der Waals surface area contributed by atoms with Gasteiger partial charge in [-0.2, -0.15) is 0 Å². The molecule has 2 aliphatic rings. The molecule has 0 bridgehead atoms. The first-order valence-electron chi connectivity index (χ1n) is 3.78. The zero-order valence-corrected chi connectivity index (χ0v) is 6.71. The van der Waals surface area contributed by atoms with Gasteiger partial charge in [0.15, 0.2) is 0 Å². The summed E-state index contributed by atoms with van der Waals surface area (Å²) in [4.78, 5) is 0. The monoisotopic (exact) mass is 159 g/mol. The van der Waals surface area contributed by atoms with Crippen molar-refractivity contribution in [1.82, 2.24) is 16.0 Å². The molecular weight excluding hydrogens is 146 g/mol. The molecule has 0 amide bonds. The van der Waals surface area contributed by atoms with Crippen molar-refractivity contribution < 1.29 is 0 Å². The quantitative estimate of drug-likeness (QED) is 0.467. The summed E-state index contributed by atoms with van der Waals surface area (Å²) >= 11 is 2.00. The molecular formula is C6H13N3S. The molecule has 1 unspecified atom stereocenters. The van der Waals surface area contributed by atoms with E-state index < -0.39 is 0 Å². The normalized spacial score (nSPS) is 35.4. The zero-order valence-electron chi connectivity index (χ0n) is 5.89. The zero-order chi connectivity index (χ0) is 6.81. The Balaban J connectivity index is 1.85. The summed E-state index contributed by atoms with van der Waals surface area (Å²) in [6.45, 7) is 3.39. The molecule has 0 aliphatic carbocycles. The first kappa shape index (κ1) is 6.91. The third-order valence-electron chi connectivity index (χ3n) is 1.90. The maximum Gasteiger partial charge on any atom is 0.0827 e. The van der Waals surface area contributed by atoms with Gasteiger partial charge in [-0.1, -0.05) is 0 Å². The molecule has 2 aliphatic heterocycles. The molecule has 4 heteroatoms. The second kappa shape index (κ2) is 3.09. The topological polar surface area (TPSA) is 36.1 Å². The van der Waals surface area contributed by atoms with E-state index in [2.05, 4.69) is 16.0 Å². The predicted molar refractivity (Wildman–Crippen MR) is 44.0 cm³/mol. The van der Waals surface area contributed by atoms with Gasteiger partial charge in [-0.25, -0.2) is 0 Å². The van der Waals surface area contributed by atoms with Gasteiger partial charge >= 0.3 is 0 Å². The Kier molecular flexibility index (Phi) is 2.13. The highest BCUT2D eigenvalue weighted by Crippen LogP contribution is 2.16. The maximum atomic E-state index is 3.44. The fourth-order valence-corrected chi connectivity index (χ4v) is 2.51. The van der Waals surface area contributed by atoms with Gasteiger partial charge in [0.1, 0.15) is 0 Å². The Morgan fingerprint density at radius 1 is 1.00 bits per heavy atom. The second-order valence-electron chi connectivity index (χ2n) is 2.63. The number of rotatable bonds is 1. The lowest BCUT2D eigenvalue weighted by Gasteiger charge is -2.17. The highest BCUT2D eigenvalue weighted by atomic mass is 32.2. The van der Waals surface area contributed by atoms with Gasteiger partial charge in [-0.15, -0.1) is 11.8 Å². The minimum Gasteiger partial charge on any atom is -0.302 e. The molecule has 0 spiro atoms. The average molecular weight is 159 g/mol.